The molecule has 2 nitrogen and oxygen atoms in total. The van der Waals surface area contributed by atoms with E-state index in [1.807, 2.05) is 0 Å². The van der Waals surface area contributed by atoms with Crippen LogP contribution in [-0.4, -0.2) is 11.1 Å². The largest absolute Gasteiger partial charge is 0.481 e. The van der Waals surface area contributed by atoms with Crippen LogP contribution in [0.1, 0.15) is 105 Å². The molecule has 0 aromatic rings. The van der Waals surface area contributed by atoms with Crippen LogP contribution in [0.5, 0.6) is 0 Å². The lowest BCUT2D eigenvalue weighted by Crippen LogP contribution is -2.55. The zero-order chi connectivity index (χ0) is 20.1. The molecule has 0 aromatic heterocycles. The standard InChI is InChI=1S/C26H44O2/c1-5-18-16-19-22-11-10-20(17(2)9-12-24(27)28)26(22,4)15-13-23(19)25(3)14-7-6-8-21(18)25/h17-23H,5-16H2,1-4H3,(H,27,28)/t17-,18+,19?,20?,21?,22?,23?,25?,26?/m1/s1. The Bertz CT molecular complexity index is 585. The number of aliphatic carboxylic acids is 1. The fourth-order valence-corrected chi connectivity index (χ4v) is 9.55. The van der Waals surface area contributed by atoms with Crippen LogP contribution >= 0.6 is 0 Å². The summed E-state index contributed by atoms with van der Waals surface area (Å²) in [5.74, 6) is 5.44. The number of fused-ring (bicyclic) bond motifs is 5. The maximum absolute atomic E-state index is 11.1. The third-order valence-electron chi connectivity index (χ3n) is 10.9. The van der Waals surface area contributed by atoms with E-state index < -0.39 is 5.97 Å². The van der Waals surface area contributed by atoms with Crippen LogP contribution in [0.4, 0.5) is 0 Å². The van der Waals surface area contributed by atoms with Crippen LogP contribution in [0.15, 0.2) is 0 Å². The molecule has 9 atom stereocenters. The molecule has 0 aliphatic heterocycles. The minimum atomic E-state index is -0.621. The van der Waals surface area contributed by atoms with Gasteiger partial charge in [-0.15, -0.1) is 0 Å². The van der Waals surface area contributed by atoms with Crippen LogP contribution in [-0.2, 0) is 4.79 Å². The maximum Gasteiger partial charge on any atom is 0.303 e. The van der Waals surface area contributed by atoms with E-state index in [1.165, 1.54) is 64.2 Å². The Labute approximate surface area is 173 Å². The third kappa shape index (κ3) is 3.16. The van der Waals surface area contributed by atoms with Crippen molar-refractivity contribution in [1.82, 2.24) is 0 Å². The Kier molecular flexibility index (Phi) is 5.64. The second-order valence-electron chi connectivity index (χ2n) is 11.8. The topological polar surface area (TPSA) is 37.3 Å². The minimum Gasteiger partial charge on any atom is -0.481 e. The molecule has 28 heavy (non-hydrogen) atoms. The summed E-state index contributed by atoms with van der Waals surface area (Å²) < 4.78 is 0. The van der Waals surface area contributed by atoms with Gasteiger partial charge in [0.25, 0.3) is 0 Å². The van der Waals surface area contributed by atoms with E-state index in [0.717, 1.165) is 41.9 Å². The van der Waals surface area contributed by atoms with Gasteiger partial charge >= 0.3 is 5.97 Å². The number of carboxylic acids is 1. The van der Waals surface area contributed by atoms with E-state index in [0.29, 0.717) is 23.2 Å². The van der Waals surface area contributed by atoms with E-state index >= 15 is 0 Å². The molecule has 0 saturated heterocycles. The van der Waals surface area contributed by atoms with E-state index in [-0.39, 0.29) is 0 Å². The molecule has 160 valence electrons. The molecular weight excluding hydrogens is 344 g/mol. The quantitative estimate of drug-likeness (QED) is 0.542. The average molecular weight is 389 g/mol. The molecule has 0 radical (unpaired) electrons. The highest BCUT2D eigenvalue weighted by molar-refractivity contribution is 5.66. The lowest BCUT2D eigenvalue weighted by molar-refractivity contribution is -0.140. The number of hydrogen-bond donors (Lipinski definition) is 1. The number of rotatable bonds is 5. The summed E-state index contributed by atoms with van der Waals surface area (Å²) in [5.41, 5.74) is 1.07. The van der Waals surface area contributed by atoms with Gasteiger partial charge in [-0.25, -0.2) is 0 Å². The van der Waals surface area contributed by atoms with E-state index in [4.69, 9.17) is 5.11 Å². The van der Waals surface area contributed by atoms with Crippen LogP contribution in [0, 0.1) is 52.3 Å². The predicted molar refractivity (Wildman–Crippen MR) is 115 cm³/mol. The van der Waals surface area contributed by atoms with E-state index in [9.17, 15) is 4.79 Å². The Morgan fingerprint density at radius 1 is 1.00 bits per heavy atom. The first kappa shape index (κ1) is 20.7. The lowest BCUT2D eigenvalue weighted by atomic mass is 9.42. The molecule has 4 aliphatic rings. The van der Waals surface area contributed by atoms with Gasteiger partial charge in [0.15, 0.2) is 0 Å². The molecule has 7 unspecified atom stereocenters. The first-order valence-electron chi connectivity index (χ1n) is 12.5. The highest BCUT2D eigenvalue weighted by Crippen LogP contribution is 2.69. The molecule has 4 aliphatic carbocycles. The predicted octanol–water partition coefficient (Wildman–Crippen LogP) is 7.17. The van der Waals surface area contributed by atoms with Gasteiger partial charge in [-0.1, -0.05) is 47.0 Å². The molecule has 1 N–H and O–H groups in total. The van der Waals surface area contributed by atoms with Crippen molar-refractivity contribution < 1.29 is 9.90 Å². The van der Waals surface area contributed by atoms with Crippen LogP contribution in [0.3, 0.4) is 0 Å². The number of carbonyl (C=O) groups is 1. The zero-order valence-electron chi connectivity index (χ0n) is 18.9. The van der Waals surface area contributed by atoms with E-state index in [1.54, 1.807) is 0 Å². The summed E-state index contributed by atoms with van der Waals surface area (Å²) in [4.78, 5) is 11.1. The molecule has 0 bridgehead atoms. The summed E-state index contributed by atoms with van der Waals surface area (Å²) in [5, 5.41) is 9.15. The highest BCUT2D eigenvalue weighted by atomic mass is 16.4. The Hall–Kier alpha value is -0.530. The lowest BCUT2D eigenvalue weighted by Gasteiger charge is -2.63. The van der Waals surface area contributed by atoms with Crippen LogP contribution in [0.25, 0.3) is 0 Å². The minimum absolute atomic E-state index is 0.349. The third-order valence-corrected chi connectivity index (χ3v) is 10.9. The molecule has 4 fully saturated rings. The fraction of sp³-hybridized carbons (Fsp3) is 0.962. The smallest absolute Gasteiger partial charge is 0.303 e. The van der Waals surface area contributed by atoms with Gasteiger partial charge in [-0.05, 0) is 104 Å². The highest BCUT2D eigenvalue weighted by Gasteiger charge is 2.61. The van der Waals surface area contributed by atoms with Gasteiger partial charge in [0.2, 0.25) is 0 Å². The van der Waals surface area contributed by atoms with E-state index in [2.05, 4.69) is 27.7 Å². The fourth-order valence-electron chi connectivity index (χ4n) is 9.55. The van der Waals surface area contributed by atoms with Gasteiger partial charge in [0.1, 0.15) is 0 Å². The Balaban J connectivity index is 1.56. The molecule has 0 heterocycles. The molecule has 0 aromatic carbocycles. The second-order valence-corrected chi connectivity index (χ2v) is 11.8. The first-order valence-corrected chi connectivity index (χ1v) is 12.5. The van der Waals surface area contributed by atoms with Crippen molar-refractivity contribution in [3.05, 3.63) is 0 Å². The van der Waals surface area contributed by atoms with Gasteiger partial charge < -0.3 is 5.11 Å². The Morgan fingerprint density at radius 3 is 2.46 bits per heavy atom. The normalized spacial score (nSPS) is 49.0. The molecule has 0 amide bonds. The van der Waals surface area contributed by atoms with Crippen molar-refractivity contribution in [3.8, 4) is 0 Å². The van der Waals surface area contributed by atoms with Crippen molar-refractivity contribution in [1.29, 1.82) is 0 Å². The summed E-state index contributed by atoms with van der Waals surface area (Å²) in [6, 6.07) is 0. The van der Waals surface area contributed by atoms with Crippen molar-refractivity contribution in [2.24, 2.45) is 52.3 Å². The number of hydrogen-bond acceptors (Lipinski definition) is 1. The SMILES string of the molecule is CC[C@H]1CC2C(CCC3(C)C2CCC3[C@H](C)CCC(=O)O)C2(C)CCCCC12. The summed E-state index contributed by atoms with van der Waals surface area (Å²) >= 11 is 0. The maximum atomic E-state index is 11.1. The number of carboxylic acid groups (broad SMARTS) is 1. The van der Waals surface area contributed by atoms with Crippen molar-refractivity contribution in [2.45, 2.75) is 105 Å². The van der Waals surface area contributed by atoms with Gasteiger partial charge in [-0.3, -0.25) is 4.79 Å². The Morgan fingerprint density at radius 2 is 1.75 bits per heavy atom. The summed E-state index contributed by atoms with van der Waals surface area (Å²) in [6.45, 7) is 10.1. The average Bonchev–Trinajstić information content (AvgIpc) is 3.02. The zero-order valence-corrected chi connectivity index (χ0v) is 18.9. The van der Waals surface area contributed by atoms with Gasteiger partial charge in [0.05, 0.1) is 0 Å². The van der Waals surface area contributed by atoms with Crippen LogP contribution in [0.2, 0.25) is 0 Å². The molecule has 4 saturated carbocycles. The molecule has 2 heteroatoms. The molecule has 0 spiro atoms. The van der Waals surface area contributed by atoms with Gasteiger partial charge in [-0.2, -0.15) is 0 Å². The summed E-state index contributed by atoms with van der Waals surface area (Å²) in [6.07, 6.45) is 15.6. The van der Waals surface area contributed by atoms with Crippen molar-refractivity contribution in [3.63, 3.8) is 0 Å². The monoisotopic (exact) mass is 388 g/mol. The molecular formula is C26H44O2. The van der Waals surface area contributed by atoms with Crippen LogP contribution < -0.4 is 0 Å². The second kappa shape index (κ2) is 7.62. The van der Waals surface area contributed by atoms with Gasteiger partial charge in [0, 0.05) is 6.42 Å². The molecule has 4 rings (SSSR count). The van der Waals surface area contributed by atoms with Crippen molar-refractivity contribution >= 4 is 5.97 Å². The summed E-state index contributed by atoms with van der Waals surface area (Å²) in [7, 11) is 0. The first-order chi connectivity index (χ1) is 13.3. The van der Waals surface area contributed by atoms with Crippen molar-refractivity contribution in [2.75, 3.05) is 0 Å².